The third kappa shape index (κ3) is 3.80. The van der Waals surface area contributed by atoms with Crippen LogP contribution in [0.4, 0.5) is 10.1 Å². The van der Waals surface area contributed by atoms with Crippen LogP contribution in [0.15, 0.2) is 36.7 Å². The molecule has 3 rings (SSSR count). The van der Waals surface area contributed by atoms with Crippen molar-refractivity contribution in [1.29, 1.82) is 0 Å². The number of hydrogen-bond acceptors (Lipinski definition) is 4. The molecule has 0 unspecified atom stereocenters. The third-order valence-corrected chi connectivity index (χ3v) is 3.90. The van der Waals surface area contributed by atoms with E-state index in [-0.39, 0.29) is 23.4 Å². The smallest absolute Gasteiger partial charge is 0.276 e. The minimum absolute atomic E-state index is 0.0233. The number of aromatic nitrogens is 4. The maximum Gasteiger partial charge on any atom is 0.276 e. The number of rotatable bonds is 5. The summed E-state index contributed by atoms with van der Waals surface area (Å²) >= 11 is 5.70. The van der Waals surface area contributed by atoms with Crippen LogP contribution in [0.5, 0.6) is 5.75 Å². The summed E-state index contributed by atoms with van der Waals surface area (Å²) in [5, 5.41) is 10.9. The molecule has 2 aromatic heterocycles. The van der Waals surface area contributed by atoms with Gasteiger partial charge in [-0.2, -0.15) is 10.2 Å². The van der Waals surface area contributed by atoms with Gasteiger partial charge in [0.15, 0.2) is 12.4 Å². The number of carbonyl (C=O) groups excluding carboxylic acids is 1. The molecule has 0 aliphatic heterocycles. The van der Waals surface area contributed by atoms with Crippen molar-refractivity contribution in [2.75, 3.05) is 5.32 Å². The fourth-order valence-corrected chi connectivity index (χ4v) is 2.24. The van der Waals surface area contributed by atoms with E-state index in [0.29, 0.717) is 11.4 Å². The van der Waals surface area contributed by atoms with Crippen LogP contribution in [0, 0.1) is 12.7 Å². The summed E-state index contributed by atoms with van der Waals surface area (Å²) in [6.07, 6.45) is 3.18. The standard InChI is InChI=1S/C16H15ClFN5O2/c1-10-15(8-19-22(10)2)20-16(24)14-5-6-23(21-14)9-25-11-3-4-13(18)12(17)7-11/h3-8H,9H2,1-2H3,(H,20,24). The molecule has 1 N–H and O–H groups in total. The Morgan fingerprint density at radius 1 is 1.40 bits per heavy atom. The first kappa shape index (κ1) is 17.0. The lowest BCUT2D eigenvalue weighted by molar-refractivity contribution is 0.102. The van der Waals surface area contributed by atoms with Gasteiger partial charge < -0.3 is 10.1 Å². The van der Waals surface area contributed by atoms with E-state index in [2.05, 4.69) is 15.5 Å². The van der Waals surface area contributed by atoms with E-state index >= 15 is 0 Å². The summed E-state index contributed by atoms with van der Waals surface area (Å²) in [6.45, 7) is 1.91. The number of aryl methyl sites for hydroxylation is 1. The van der Waals surface area contributed by atoms with Crippen molar-refractivity contribution in [3.05, 3.63) is 58.9 Å². The highest BCUT2D eigenvalue weighted by Crippen LogP contribution is 2.21. The molecule has 0 fully saturated rings. The molecular formula is C16H15ClFN5O2. The van der Waals surface area contributed by atoms with E-state index in [0.717, 1.165) is 5.69 Å². The van der Waals surface area contributed by atoms with Gasteiger partial charge in [0.25, 0.3) is 5.91 Å². The molecule has 0 bridgehead atoms. The predicted octanol–water partition coefficient (Wildman–Crippen LogP) is 3.01. The minimum atomic E-state index is -0.516. The summed E-state index contributed by atoms with van der Waals surface area (Å²) in [5.74, 6) is -0.462. The molecule has 0 saturated carbocycles. The van der Waals surface area contributed by atoms with E-state index in [1.807, 2.05) is 6.92 Å². The maximum atomic E-state index is 13.1. The number of amides is 1. The van der Waals surface area contributed by atoms with E-state index in [1.54, 1.807) is 30.2 Å². The molecule has 0 spiro atoms. The monoisotopic (exact) mass is 363 g/mol. The second-order valence-corrected chi connectivity index (χ2v) is 5.72. The van der Waals surface area contributed by atoms with Crippen molar-refractivity contribution in [2.24, 2.45) is 7.05 Å². The summed E-state index contributed by atoms with van der Waals surface area (Å²) in [7, 11) is 1.79. The van der Waals surface area contributed by atoms with Crippen molar-refractivity contribution in [3.63, 3.8) is 0 Å². The first-order chi connectivity index (χ1) is 11.9. The van der Waals surface area contributed by atoms with Gasteiger partial charge in [-0.15, -0.1) is 0 Å². The van der Waals surface area contributed by atoms with Gasteiger partial charge in [0, 0.05) is 19.3 Å². The normalized spacial score (nSPS) is 10.7. The van der Waals surface area contributed by atoms with Crippen LogP contribution in [0.25, 0.3) is 0 Å². The quantitative estimate of drug-likeness (QED) is 0.756. The zero-order valence-electron chi connectivity index (χ0n) is 13.5. The van der Waals surface area contributed by atoms with Crippen LogP contribution in [-0.2, 0) is 13.8 Å². The molecule has 0 saturated heterocycles. The number of nitrogens with one attached hydrogen (secondary N) is 1. The Bertz CT molecular complexity index is 921. The van der Waals surface area contributed by atoms with Crippen molar-refractivity contribution in [2.45, 2.75) is 13.7 Å². The highest BCUT2D eigenvalue weighted by Gasteiger charge is 2.13. The second-order valence-electron chi connectivity index (χ2n) is 5.31. The van der Waals surface area contributed by atoms with Gasteiger partial charge in [0.05, 0.1) is 22.6 Å². The first-order valence-electron chi connectivity index (χ1n) is 7.35. The topological polar surface area (TPSA) is 74.0 Å². The predicted molar refractivity (Wildman–Crippen MR) is 90.2 cm³/mol. The van der Waals surface area contributed by atoms with Crippen molar-refractivity contribution >= 4 is 23.2 Å². The van der Waals surface area contributed by atoms with Crippen LogP contribution < -0.4 is 10.1 Å². The van der Waals surface area contributed by atoms with Crippen LogP contribution in [0.2, 0.25) is 5.02 Å². The van der Waals surface area contributed by atoms with E-state index < -0.39 is 5.82 Å². The third-order valence-electron chi connectivity index (χ3n) is 3.61. The number of carbonyl (C=O) groups is 1. The zero-order chi connectivity index (χ0) is 18.0. The van der Waals surface area contributed by atoms with Crippen LogP contribution in [0.1, 0.15) is 16.2 Å². The molecule has 9 heteroatoms. The average molecular weight is 364 g/mol. The van der Waals surface area contributed by atoms with Crippen LogP contribution in [-0.4, -0.2) is 25.5 Å². The lowest BCUT2D eigenvalue weighted by atomic mass is 10.3. The van der Waals surface area contributed by atoms with E-state index in [1.165, 1.54) is 22.9 Å². The number of nitrogens with zero attached hydrogens (tertiary/aromatic N) is 4. The Balaban J connectivity index is 1.62. The van der Waals surface area contributed by atoms with Crippen molar-refractivity contribution < 1.29 is 13.9 Å². The summed E-state index contributed by atoms with van der Waals surface area (Å²) in [4.78, 5) is 12.2. The van der Waals surface area contributed by atoms with Gasteiger partial charge in [-0.25, -0.2) is 9.07 Å². The molecule has 2 heterocycles. The largest absolute Gasteiger partial charge is 0.471 e. The van der Waals surface area contributed by atoms with Crippen LogP contribution in [0.3, 0.4) is 0 Å². The second kappa shape index (κ2) is 6.94. The molecular weight excluding hydrogens is 349 g/mol. The Morgan fingerprint density at radius 3 is 2.88 bits per heavy atom. The van der Waals surface area contributed by atoms with E-state index in [4.69, 9.17) is 16.3 Å². The molecule has 0 atom stereocenters. The number of benzene rings is 1. The Morgan fingerprint density at radius 2 is 2.20 bits per heavy atom. The van der Waals surface area contributed by atoms with Crippen LogP contribution >= 0.6 is 11.6 Å². The molecule has 1 amide bonds. The van der Waals surface area contributed by atoms with Gasteiger partial charge in [-0.05, 0) is 25.1 Å². The van der Waals surface area contributed by atoms with Gasteiger partial charge >= 0.3 is 0 Å². The number of halogens is 2. The van der Waals surface area contributed by atoms with Gasteiger partial charge in [-0.3, -0.25) is 9.48 Å². The highest BCUT2D eigenvalue weighted by atomic mass is 35.5. The molecule has 1 aromatic carbocycles. The number of hydrogen-bond donors (Lipinski definition) is 1. The molecule has 0 radical (unpaired) electrons. The Kier molecular flexibility index (Phi) is 4.71. The fourth-order valence-electron chi connectivity index (χ4n) is 2.07. The first-order valence-corrected chi connectivity index (χ1v) is 7.73. The lowest BCUT2D eigenvalue weighted by Gasteiger charge is -2.07. The van der Waals surface area contributed by atoms with Gasteiger partial charge in [0.2, 0.25) is 0 Å². The van der Waals surface area contributed by atoms with Gasteiger partial charge in [0.1, 0.15) is 11.6 Å². The van der Waals surface area contributed by atoms with Crippen molar-refractivity contribution in [1.82, 2.24) is 19.6 Å². The fraction of sp³-hybridized carbons (Fsp3) is 0.188. The Hall–Kier alpha value is -2.87. The maximum absolute atomic E-state index is 13.1. The molecule has 25 heavy (non-hydrogen) atoms. The highest BCUT2D eigenvalue weighted by molar-refractivity contribution is 6.30. The number of anilines is 1. The summed E-state index contributed by atoms with van der Waals surface area (Å²) in [5.41, 5.74) is 1.70. The van der Waals surface area contributed by atoms with Gasteiger partial charge in [-0.1, -0.05) is 11.6 Å². The summed E-state index contributed by atoms with van der Waals surface area (Å²) < 4.78 is 21.7. The molecule has 7 nitrogen and oxygen atoms in total. The number of ether oxygens (including phenoxy) is 1. The molecule has 130 valence electrons. The lowest BCUT2D eigenvalue weighted by Crippen LogP contribution is -2.14. The summed E-state index contributed by atoms with van der Waals surface area (Å²) in [6, 6.07) is 5.63. The van der Waals surface area contributed by atoms with E-state index in [9.17, 15) is 9.18 Å². The Labute approximate surface area is 148 Å². The SMILES string of the molecule is Cc1c(NC(=O)c2ccn(COc3ccc(F)c(Cl)c3)n2)cnn1C. The molecule has 0 aliphatic rings. The average Bonchev–Trinajstić information content (AvgIpc) is 3.18. The van der Waals surface area contributed by atoms with Crippen molar-refractivity contribution in [3.8, 4) is 5.75 Å². The molecule has 3 aromatic rings. The molecule has 0 aliphatic carbocycles. The zero-order valence-corrected chi connectivity index (χ0v) is 14.3. The minimum Gasteiger partial charge on any atom is -0.471 e.